The SMILES string of the molecule is CN(CC(=O)Nc1cc(N)ccc1F)C1CCCCC1. The van der Waals surface area contributed by atoms with E-state index >= 15 is 0 Å². The summed E-state index contributed by atoms with van der Waals surface area (Å²) in [4.78, 5) is 14.0. The monoisotopic (exact) mass is 279 g/mol. The topological polar surface area (TPSA) is 58.4 Å². The van der Waals surface area contributed by atoms with Gasteiger partial charge in [-0.2, -0.15) is 0 Å². The maximum absolute atomic E-state index is 13.5. The van der Waals surface area contributed by atoms with E-state index in [0.29, 0.717) is 11.7 Å². The summed E-state index contributed by atoms with van der Waals surface area (Å²) in [6, 6.07) is 4.63. The van der Waals surface area contributed by atoms with E-state index in [-0.39, 0.29) is 18.1 Å². The molecule has 0 aliphatic heterocycles. The van der Waals surface area contributed by atoms with Gasteiger partial charge in [0.25, 0.3) is 0 Å². The Hall–Kier alpha value is -1.62. The van der Waals surface area contributed by atoms with Gasteiger partial charge in [-0.05, 0) is 38.1 Å². The average Bonchev–Trinajstić information content (AvgIpc) is 2.43. The number of benzene rings is 1. The second kappa shape index (κ2) is 6.70. The fraction of sp³-hybridized carbons (Fsp3) is 0.533. The van der Waals surface area contributed by atoms with Crippen molar-refractivity contribution in [2.45, 2.75) is 38.1 Å². The Balaban J connectivity index is 1.89. The average molecular weight is 279 g/mol. The van der Waals surface area contributed by atoms with Gasteiger partial charge in [0.05, 0.1) is 12.2 Å². The number of halogens is 1. The van der Waals surface area contributed by atoms with Gasteiger partial charge in [0.2, 0.25) is 5.91 Å². The third-order valence-corrected chi connectivity index (χ3v) is 3.86. The quantitative estimate of drug-likeness (QED) is 0.833. The molecule has 1 fully saturated rings. The molecular weight excluding hydrogens is 257 g/mol. The first kappa shape index (κ1) is 14.8. The van der Waals surface area contributed by atoms with Crippen LogP contribution < -0.4 is 11.1 Å². The fourth-order valence-electron chi connectivity index (χ4n) is 2.71. The zero-order valence-electron chi connectivity index (χ0n) is 11.9. The van der Waals surface area contributed by atoms with Gasteiger partial charge in [0.15, 0.2) is 0 Å². The van der Waals surface area contributed by atoms with Crippen LogP contribution in [0.4, 0.5) is 15.8 Å². The summed E-state index contributed by atoms with van der Waals surface area (Å²) in [6.07, 6.45) is 6.00. The number of amides is 1. The summed E-state index contributed by atoms with van der Waals surface area (Å²) >= 11 is 0. The van der Waals surface area contributed by atoms with Gasteiger partial charge in [-0.1, -0.05) is 19.3 Å². The molecule has 1 saturated carbocycles. The number of nitrogen functional groups attached to an aromatic ring is 1. The van der Waals surface area contributed by atoms with Crippen LogP contribution >= 0.6 is 0 Å². The molecule has 4 nitrogen and oxygen atoms in total. The molecule has 1 aromatic rings. The van der Waals surface area contributed by atoms with Gasteiger partial charge in [0, 0.05) is 11.7 Å². The molecule has 1 amide bonds. The first-order valence-electron chi connectivity index (χ1n) is 7.11. The predicted molar refractivity (Wildman–Crippen MR) is 78.9 cm³/mol. The van der Waals surface area contributed by atoms with Gasteiger partial charge in [-0.25, -0.2) is 4.39 Å². The maximum Gasteiger partial charge on any atom is 0.238 e. The lowest BCUT2D eigenvalue weighted by molar-refractivity contribution is -0.117. The van der Waals surface area contributed by atoms with Gasteiger partial charge in [0.1, 0.15) is 5.82 Å². The summed E-state index contributed by atoms with van der Waals surface area (Å²) in [6.45, 7) is 0.277. The van der Waals surface area contributed by atoms with Crippen LogP contribution in [0, 0.1) is 5.82 Å². The molecule has 1 aliphatic carbocycles. The smallest absolute Gasteiger partial charge is 0.238 e. The van der Waals surface area contributed by atoms with Crippen molar-refractivity contribution in [2.75, 3.05) is 24.6 Å². The van der Waals surface area contributed by atoms with E-state index in [1.165, 1.54) is 37.5 Å². The minimum absolute atomic E-state index is 0.145. The van der Waals surface area contributed by atoms with Gasteiger partial charge >= 0.3 is 0 Å². The zero-order valence-corrected chi connectivity index (χ0v) is 11.9. The molecule has 2 rings (SSSR count). The Morgan fingerprint density at radius 2 is 2.10 bits per heavy atom. The standard InChI is InChI=1S/C15H22FN3O/c1-19(12-5-3-2-4-6-12)10-15(20)18-14-9-11(17)7-8-13(14)16/h7-9,12H,2-6,10,17H2,1H3,(H,18,20). The molecular formula is C15H22FN3O. The highest BCUT2D eigenvalue weighted by Gasteiger charge is 2.20. The highest BCUT2D eigenvalue weighted by Crippen LogP contribution is 2.22. The molecule has 1 aliphatic rings. The van der Waals surface area contributed by atoms with Crippen molar-refractivity contribution >= 4 is 17.3 Å². The highest BCUT2D eigenvalue weighted by molar-refractivity contribution is 5.92. The van der Waals surface area contributed by atoms with Gasteiger partial charge in [-0.15, -0.1) is 0 Å². The number of anilines is 2. The van der Waals surface area contributed by atoms with Crippen molar-refractivity contribution in [3.8, 4) is 0 Å². The second-order valence-corrected chi connectivity index (χ2v) is 5.49. The molecule has 0 atom stereocenters. The molecule has 0 radical (unpaired) electrons. The Morgan fingerprint density at radius 3 is 2.80 bits per heavy atom. The van der Waals surface area contributed by atoms with Gasteiger partial charge in [-0.3, -0.25) is 9.69 Å². The minimum atomic E-state index is -0.465. The first-order chi connectivity index (χ1) is 9.56. The van der Waals surface area contributed by atoms with E-state index in [1.54, 1.807) is 0 Å². The third kappa shape index (κ3) is 3.93. The summed E-state index contributed by atoms with van der Waals surface area (Å²) < 4.78 is 13.5. The Kier molecular flexibility index (Phi) is 4.95. The Bertz CT molecular complexity index is 472. The van der Waals surface area contributed by atoms with Crippen LogP contribution in [-0.2, 0) is 4.79 Å². The predicted octanol–water partition coefficient (Wildman–Crippen LogP) is 2.61. The normalized spacial score (nSPS) is 16.4. The maximum atomic E-state index is 13.5. The van der Waals surface area contributed by atoms with E-state index in [4.69, 9.17) is 5.73 Å². The molecule has 0 saturated heterocycles. The van der Waals surface area contributed by atoms with Crippen molar-refractivity contribution in [2.24, 2.45) is 0 Å². The van der Waals surface area contributed by atoms with Crippen LogP contribution in [0.5, 0.6) is 0 Å². The van der Waals surface area contributed by atoms with Crippen molar-refractivity contribution in [3.63, 3.8) is 0 Å². The molecule has 0 unspecified atom stereocenters. The number of nitrogens with zero attached hydrogens (tertiary/aromatic N) is 1. The van der Waals surface area contributed by atoms with E-state index in [0.717, 1.165) is 12.8 Å². The minimum Gasteiger partial charge on any atom is -0.399 e. The molecule has 3 N–H and O–H groups in total. The van der Waals surface area contributed by atoms with Crippen molar-refractivity contribution in [3.05, 3.63) is 24.0 Å². The number of hydrogen-bond acceptors (Lipinski definition) is 3. The van der Waals surface area contributed by atoms with Crippen LogP contribution in [0.15, 0.2) is 18.2 Å². The number of nitrogens with two attached hydrogens (primary N) is 1. The number of carbonyl (C=O) groups excluding carboxylic acids is 1. The number of likely N-dealkylation sites (N-methyl/N-ethyl adjacent to an activating group) is 1. The van der Waals surface area contributed by atoms with Crippen molar-refractivity contribution < 1.29 is 9.18 Å². The summed E-state index contributed by atoms with van der Waals surface area (Å²) in [5, 5.41) is 2.59. The molecule has 0 aromatic heterocycles. The molecule has 0 heterocycles. The van der Waals surface area contributed by atoms with Crippen molar-refractivity contribution in [1.82, 2.24) is 4.90 Å². The number of rotatable bonds is 4. The van der Waals surface area contributed by atoms with Crippen LogP contribution in [0.25, 0.3) is 0 Å². The Labute approximate surface area is 119 Å². The first-order valence-corrected chi connectivity index (χ1v) is 7.11. The molecule has 1 aromatic carbocycles. The van der Waals surface area contributed by atoms with E-state index in [2.05, 4.69) is 10.2 Å². The molecule has 20 heavy (non-hydrogen) atoms. The summed E-state index contributed by atoms with van der Waals surface area (Å²) in [5.74, 6) is -0.671. The highest BCUT2D eigenvalue weighted by atomic mass is 19.1. The van der Waals surface area contributed by atoms with E-state index < -0.39 is 5.82 Å². The number of hydrogen-bond donors (Lipinski definition) is 2. The van der Waals surface area contributed by atoms with E-state index in [1.807, 2.05) is 7.05 Å². The van der Waals surface area contributed by atoms with E-state index in [9.17, 15) is 9.18 Å². The molecule has 0 bridgehead atoms. The van der Waals surface area contributed by atoms with Crippen molar-refractivity contribution in [1.29, 1.82) is 0 Å². The summed E-state index contributed by atoms with van der Waals surface area (Å²) in [5.41, 5.74) is 6.17. The fourth-order valence-corrected chi connectivity index (χ4v) is 2.71. The van der Waals surface area contributed by atoms with Crippen LogP contribution in [-0.4, -0.2) is 30.4 Å². The van der Waals surface area contributed by atoms with Crippen LogP contribution in [0.2, 0.25) is 0 Å². The number of carbonyl (C=O) groups is 1. The lowest BCUT2D eigenvalue weighted by Gasteiger charge is -2.30. The molecule has 110 valence electrons. The third-order valence-electron chi connectivity index (χ3n) is 3.86. The molecule has 0 spiro atoms. The second-order valence-electron chi connectivity index (χ2n) is 5.49. The Morgan fingerprint density at radius 1 is 1.40 bits per heavy atom. The largest absolute Gasteiger partial charge is 0.399 e. The zero-order chi connectivity index (χ0) is 14.5. The lowest BCUT2D eigenvalue weighted by atomic mass is 9.94. The van der Waals surface area contributed by atoms with Crippen LogP contribution in [0.3, 0.4) is 0 Å². The lowest BCUT2D eigenvalue weighted by Crippen LogP contribution is -2.39. The van der Waals surface area contributed by atoms with Gasteiger partial charge < -0.3 is 11.1 Å². The van der Waals surface area contributed by atoms with Crippen LogP contribution in [0.1, 0.15) is 32.1 Å². The number of nitrogens with one attached hydrogen (secondary N) is 1. The molecule has 5 heteroatoms. The summed E-state index contributed by atoms with van der Waals surface area (Å²) in [7, 11) is 1.95.